The lowest BCUT2D eigenvalue weighted by Gasteiger charge is -2.16. The minimum Gasteiger partial charge on any atom is -0.322 e. The van der Waals surface area contributed by atoms with E-state index in [0.29, 0.717) is 24.3 Å². The van der Waals surface area contributed by atoms with Gasteiger partial charge in [0.15, 0.2) is 0 Å². The number of pyridine rings is 1. The highest BCUT2D eigenvalue weighted by Crippen LogP contribution is 2.23. The molecule has 0 bridgehead atoms. The molecule has 1 amide bonds. The Kier molecular flexibility index (Phi) is 4.64. The van der Waals surface area contributed by atoms with E-state index in [1.165, 1.54) is 16.6 Å². The second-order valence-corrected chi connectivity index (χ2v) is 7.72. The first-order valence-corrected chi connectivity index (χ1v) is 9.25. The van der Waals surface area contributed by atoms with E-state index in [1.807, 2.05) is 6.92 Å². The molecule has 0 aliphatic carbocycles. The Morgan fingerprint density at radius 1 is 1.17 bits per heavy atom. The fourth-order valence-corrected chi connectivity index (χ4v) is 4.18. The van der Waals surface area contributed by atoms with Gasteiger partial charge in [-0.15, -0.1) is 0 Å². The standard InChI is InChI=1S/C17H19N3O3S/c1-13-7-8-14(12-18-13)17(21)19-15-5-4-6-16(11-15)24(22,23)20-9-2-3-10-20/h4-8,11-12H,2-3,9-10H2,1H3,(H,19,21). The maximum Gasteiger partial charge on any atom is 0.257 e. The molecule has 0 saturated carbocycles. The first kappa shape index (κ1) is 16.6. The van der Waals surface area contributed by atoms with Gasteiger partial charge in [-0.1, -0.05) is 6.07 Å². The number of hydrogen-bond acceptors (Lipinski definition) is 4. The molecule has 3 rings (SSSR count). The van der Waals surface area contributed by atoms with Crippen molar-refractivity contribution >= 4 is 21.6 Å². The summed E-state index contributed by atoms with van der Waals surface area (Å²) >= 11 is 0. The monoisotopic (exact) mass is 345 g/mol. The smallest absolute Gasteiger partial charge is 0.257 e. The Hall–Kier alpha value is -2.25. The maximum absolute atomic E-state index is 12.6. The van der Waals surface area contributed by atoms with E-state index < -0.39 is 10.0 Å². The molecule has 2 aromatic rings. The first-order chi connectivity index (χ1) is 11.5. The lowest BCUT2D eigenvalue weighted by Crippen LogP contribution is -2.27. The molecule has 0 radical (unpaired) electrons. The number of anilines is 1. The van der Waals surface area contributed by atoms with Crippen LogP contribution in [0.1, 0.15) is 28.9 Å². The topological polar surface area (TPSA) is 79.4 Å². The quantitative estimate of drug-likeness (QED) is 0.923. The zero-order valence-corrected chi connectivity index (χ0v) is 14.2. The third-order valence-electron chi connectivity index (χ3n) is 3.97. The second kappa shape index (κ2) is 6.70. The molecular formula is C17H19N3O3S. The first-order valence-electron chi connectivity index (χ1n) is 7.81. The molecule has 2 heterocycles. The summed E-state index contributed by atoms with van der Waals surface area (Å²) in [5.74, 6) is -0.321. The number of nitrogens with zero attached hydrogens (tertiary/aromatic N) is 2. The van der Waals surface area contributed by atoms with Crippen LogP contribution >= 0.6 is 0 Å². The minimum absolute atomic E-state index is 0.198. The summed E-state index contributed by atoms with van der Waals surface area (Å²) in [5, 5.41) is 2.72. The van der Waals surface area contributed by atoms with Gasteiger partial charge in [0.1, 0.15) is 0 Å². The van der Waals surface area contributed by atoms with Gasteiger partial charge in [0, 0.05) is 30.7 Å². The highest BCUT2D eigenvalue weighted by Gasteiger charge is 2.27. The van der Waals surface area contributed by atoms with E-state index in [9.17, 15) is 13.2 Å². The summed E-state index contributed by atoms with van der Waals surface area (Å²) in [6, 6.07) is 9.78. The van der Waals surface area contributed by atoms with Gasteiger partial charge in [-0.3, -0.25) is 9.78 Å². The van der Waals surface area contributed by atoms with E-state index >= 15 is 0 Å². The van der Waals surface area contributed by atoms with Crippen LogP contribution in [0.2, 0.25) is 0 Å². The van der Waals surface area contributed by atoms with Crippen molar-refractivity contribution in [2.24, 2.45) is 0 Å². The van der Waals surface area contributed by atoms with Gasteiger partial charge >= 0.3 is 0 Å². The third-order valence-corrected chi connectivity index (χ3v) is 5.86. The van der Waals surface area contributed by atoms with Gasteiger partial charge < -0.3 is 5.32 Å². The molecule has 6 nitrogen and oxygen atoms in total. The number of aryl methyl sites for hydroxylation is 1. The Labute approximate surface area is 141 Å². The number of carbonyl (C=O) groups excluding carboxylic acids is 1. The van der Waals surface area contributed by atoms with Crippen molar-refractivity contribution in [2.75, 3.05) is 18.4 Å². The van der Waals surface area contributed by atoms with Crippen LogP contribution in [-0.2, 0) is 10.0 Å². The van der Waals surface area contributed by atoms with E-state index in [1.54, 1.807) is 30.3 Å². The predicted molar refractivity (Wildman–Crippen MR) is 91.4 cm³/mol. The fraction of sp³-hybridized carbons (Fsp3) is 0.294. The van der Waals surface area contributed by atoms with Crippen molar-refractivity contribution in [1.82, 2.24) is 9.29 Å². The van der Waals surface area contributed by atoms with E-state index in [-0.39, 0.29) is 10.8 Å². The molecular weight excluding hydrogens is 326 g/mol. The van der Waals surface area contributed by atoms with Crippen LogP contribution in [-0.4, -0.2) is 36.7 Å². The highest BCUT2D eigenvalue weighted by molar-refractivity contribution is 7.89. The number of rotatable bonds is 4. The number of nitrogens with one attached hydrogen (secondary N) is 1. The van der Waals surface area contributed by atoms with Crippen molar-refractivity contribution in [3.63, 3.8) is 0 Å². The zero-order valence-electron chi connectivity index (χ0n) is 13.4. The molecule has 1 fully saturated rings. The lowest BCUT2D eigenvalue weighted by molar-refractivity contribution is 0.102. The van der Waals surface area contributed by atoms with Crippen LogP contribution in [0.3, 0.4) is 0 Å². The SMILES string of the molecule is Cc1ccc(C(=O)Nc2cccc(S(=O)(=O)N3CCCC3)c2)cn1. The zero-order chi connectivity index (χ0) is 17.2. The molecule has 1 aliphatic heterocycles. The van der Waals surface area contributed by atoms with Crippen molar-refractivity contribution < 1.29 is 13.2 Å². The molecule has 0 atom stereocenters. The van der Waals surface area contributed by atoms with Crippen LogP contribution in [0, 0.1) is 6.92 Å². The highest BCUT2D eigenvalue weighted by atomic mass is 32.2. The third kappa shape index (κ3) is 3.47. The summed E-state index contributed by atoms with van der Waals surface area (Å²) in [6.07, 6.45) is 3.27. The summed E-state index contributed by atoms with van der Waals surface area (Å²) in [5.41, 5.74) is 1.69. The predicted octanol–water partition coefficient (Wildman–Crippen LogP) is 2.43. The molecule has 7 heteroatoms. The van der Waals surface area contributed by atoms with Gasteiger partial charge in [-0.2, -0.15) is 4.31 Å². The van der Waals surface area contributed by atoms with Crippen molar-refractivity contribution in [2.45, 2.75) is 24.7 Å². The lowest BCUT2D eigenvalue weighted by atomic mass is 10.2. The van der Waals surface area contributed by atoms with Crippen LogP contribution in [0.5, 0.6) is 0 Å². The molecule has 0 spiro atoms. The molecule has 1 N–H and O–H groups in total. The Bertz CT molecular complexity index is 842. The summed E-state index contributed by atoms with van der Waals surface area (Å²) in [4.78, 5) is 16.5. The van der Waals surface area contributed by atoms with E-state index in [2.05, 4.69) is 10.3 Å². The summed E-state index contributed by atoms with van der Waals surface area (Å²) < 4.78 is 26.7. The number of aromatic nitrogens is 1. The average Bonchev–Trinajstić information content (AvgIpc) is 3.11. The van der Waals surface area contributed by atoms with Crippen molar-refractivity contribution in [3.05, 3.63) is 53.9 Å². The molecule has 0 unspecified atom stereocenters. The number of benzene rings is 1. The van der Waals surface area contributed by atoms with Crippen LogP contribution in [0.15, 0.2) is 47.5 Å². The van der Waals surface area contributed by atoms with Gasteiger partial charge in [-0.05, 0) is 50.1 Å². The minimum atomic E-state index is -3.50. The normalized spacial score (nSPS) is 15.4. The van der Waals surface area contributed by atoms with Crippen molar-refractivity contribution in [3.8, 4) is 0 Å². The summed E-state index contributed by atoms with van der Waals surface area (Å²) in [6.45, 7) is 2.94. The van der Waals surface area contributed by atoms with Gasteiger partial charge in [-0.25, -0.2) is 8.42 Å². The second-order valence-electron chi connectivity index (χ2n) is 5.78. The van der Waals surface area contributed by atoms with Gasteiger partial charge in [0.25, 0.3) is 5.91 Å². The van der Waals surface area contributed by atoms with Crippen molar-refractivity contribution in [1.29, 1.82) is 0 Å². The van der Waals surface area contributed by atoms with Gasteiger partial charge in [0.05, 0.1) is 10.5 Å². The molecule has 126 valence electrons. The fourth-order valence-electron chi connectivity index (χ4n) is 2.62. The molecule has 1 aromatic carbocycles. The van der Waals surface area contributed by atoms with Crippen LogP contribution < -0.4 is 5.32 Å². The number of hydrogen-bond donors (Lipinski definition) is 1. The van der Waals surface area contributed by atoms with Crippen LogP contribution in [0.4, 0.5) is 5.69 Å². The maximum atomic E-state index is 12.6. The largest absolute Gasteiger partial charge is 0.322 e. The molecule has 1 aliphatic rings. The Balaban J connectivity index is 1.80. The number of amides is 1. The van der Waals surface area contributed by atoms with Gasteiger partial charge in [0.2, 0.25) is 10.0 Å². The summed E-state index contributed by atoms with van der Waals surface area (Å²) in [7, 11) is -3.50. The molecule has 1 aromatic heterocycles. The van der Waals surface area contributed by atoms with E-state index in [4.69, 9.17) is 0 Å². The average molecular weight is 345 g/mol. The molecule has 1 saturated heterocycles. The Morgan fingerprint density at radius 3 is 2.58 bits per heavy atom. The number of sulfonamides is 1. The Morgan fingerprint density at radius 2 is 1.92 bits per heavy atom. The van der Waals surface area contributed by atoms with Crippen LogP contribution in [0.25, 0.3) is 0 Å². The van der Waals surface area contributed by atoms with E-state index in [0.717, 1.165) is 18.5 Å². The number of carbonyl (C=O) groups is 1. The molecule has 24 heavy (non-hydrogen) atoms.